The number of nitrogens with zero attached hydrogens (tertiary/aromatic N) is 1. The van der Waals surface area contributed by atoms with Crippen LogP contribution in [0.25, 0.3) is 0 Å². The SMILES string of the molecule is CCCNC1CCN(CCCCCCSC)CC1. The standard InChI is InChI=1S/C15H32N2S/c1-3-10-16-15-8-12-17(13-9-15)11-6-4-5-7-14-18-2/h15-16H,3-14H2,1-2H3. The van der Waals surface area contributed by atoms with Crippen LogP contribution in [0.5, 0.6) is 0 Å². The second-order valence-corrected chi connectivity index (χ2v) is 6.46. The van der Waals surface area contributed by atoms with Crippen molar-refractivity contribution in [1.29, 1.82) is 0 Å². The van der Waals surface area contributed by atoms with Gasteiger partial charge in [0.15, 0.2) is 0 Å². The van der Waals surface area contributed by atoms with Crippen LogP contribution in [0, 0.1) is 0 Å². The molecule has 108 valence electrons. The Balaban J connectivity index is 1.92. The molecule has 1 N–H and O–H groups in total. The van der Waals surface area contributed by atoms with Crippen LogP contribution in [-0.2, 0) is 0 Å². The number of unbranched alkanes of at least 4 members (excludes halogenated alkanes) is 3. The van der Waals surface area contributed by atoms with Gasteiger partial charge in [-0.15, -0.1) is 0 Å². The third-order valence-electron chi connectivity index (χ3n) is 3.84. The Bertz CT molecular complexity index is 179. The Morgan fingerprint density at radius 3 is 2.50 bits per heavy atom. The minimum absolute atomic E-state index is 0.794. The number of hydrogen-bond acceptors (Lipinski definition) is 3. The molecule has 0 atom stereocenters. The highest BCUT2D eigenvalue weighted by Crippen LogP contribution is 2.12. The van der Waals surface area contributed by atoms with Gasteiger partial charge in [0.2, 0.25) is 0 Å². The lowest BCUT2D eigenvalue weighted by atomic mass is 10.0. The van der Waals surface area contributed by atoms with Gasteiger partial charge < -0.3 is 10.2 Å². The molecule has 1 fully saturated rings. The third-order valence-corrected chi connectivity index (χ3v) is 4.54. The third kappa shape index (κ3) is 7.65. The van der Waals surface area contributed by atoms with Gasteiger partial charge in [0.25, 0.3) is 0 Å². The predicted molar refractivity (Wildman–Crippen MR) is 84.6 cm³/mol. The van der Waals surface area contributed by atoms with E-state index in [1.165, 1.54) is 76.9 Å². The van der Waals surface area contributed by atoms with Crippen molar-refractivity contribution in [3.05, 3.63) is 0 Å². The van der Waals surface area contributed by atoms with Crippen LogP contribution in [0.15, 0.2) is 0 Å². The summed E-state index contributed by atoms with van der Waals surface area (Å²) in [6.45, 7) is 7.40. The number of hydrogen-bond donors (Lipinski definition) is 1. The minimum atomic E-state index is 0.794. The number of piperidine rings is 1. The van der Waals surface area contributed by atoms with Crippen molar-refractivity contribution in [3.63, 3.8) is 0 Å². The molecule has 1 aliphatic rings. The summed E-state index contributed by atoms with van der Waals surface area (Å²) in [5.74, 6) is 1.34. The number of thioether (sulfide) groups is 1. The average Bonchev–Trinajstić information content (AvgIpc) is 2.42. The maximum absolute atomic E-state index is 3.65. The first-order valence-electron chi connectivity index (χ1n) is 7.81. The smallest absolute Gasteiger partial charge is 0.00914 e. The fourth-order valence-corrected chi connectivity index (χ4v) is 3.14. The number of rotatable bonds is 10. The van der Waals surface area contributed by atoms with Crippen molar-refractivity contribution < 1.29 is 0 Å². The molecule has 0 bridgehead atoms. The highest BCUT2D eigenvalue weighted by molar-refractivity contribution is 7.98. The maximum Gasteiger partial charge on any atom is 0.00914 e. The van der Waals surface area contributed by atoms with Gasteiger partial charge in [0.1, 0.15) is 0 Å². The molecule has 0 aromatic carbocycles. The summed E-state index contributed by atoms with van der Waals surface area (Å²) in [6, 6.07) is 0.794. The van der Waals surface area contributed by atoms with Crippen LogP contribution in [0.2, 0.25) is 0 Å². The first-order valence-corrected chi connectivity index (χ1v) is 9.21. The largest absolute Gasteiger partial charge is 0.314 e. The molecule has 0 amide bonds. The van der Waals surface area contributed by atoms with E-state index in [1.54, 1.807) is 0 Å². The first-order chi connectivity index (χ1) is 8.86. The lowest BCUT2D eigenvalue weighted by Gasteiger charge is -2.32. The highest BCUT2D eigenvalue weighted by atomic mass is 32.2. The molecule has 18 heavy (non-hydrogen) atoms. The zero-order valence-corrected chi connectivity index (χ0v) is 13.2. The van der Waals surface area contributed by atoms with Gasteiger partial charge in [-0.25, -0.2) is 0 Å². The molecule has 0 saturated carbocycles. The summed E-state index contributed by atoms with van der Waals surface area (Å²) in [6.07, 6.45) is 11.8. The fraction of sp³-hybridized carbons (Fsp3) is 1.00. The zero-order valence-electron chi connectivity index (χ0n) is 12.4. The van der Waals surface area contributed by atoms with E-state index in [0.29, 0.717) is 0 Å². The van der Waals surface area contributed by atoms with Gasteiger partial charge >= 0.3 is 0 Å². The van der Waals surface area contributed by atoms with Gasteiger partial charge in [-0.2, -0.15) is 11.8 Å². The Morgan fingerprint density at radius 2 is 1.83 bits per heavy atom. The number of likely N-dealkylation sites (tertiary alicyclic amines) is 1. The molecular formula is C15H32N2S. The Morgan fingerprint density at radius 1 is 1.11 bits per heavy atom. The van der Waals surface area contributed by atoms with Gasteiger partial charge in [-0.05, 0) is 70.3 Å². The summed E-state index contributed by atoms with van der Waals surface area (Å²) in [7, 11) is 0. The van der Waals surface area contributed by atoms with Gasteiger partial charge in [0, 0.05) is 6.04 Å². The highest BCUT2D eigenvalue weighted by Gasteiger charge is 2.17. The Kier molecular flexibility index (Phi) is 10.1. The molecular weight excluding hydrogens is 240 g/mol. The van der Waals surface area contributed by atoms with Crippen molar-refractivity contribution in [2.45, 2.75) is 57.9 Å². The van der Waals surface area contributed by atoms with Crippen molar-refractivity contribution in [1.82, 2.24) is 10.2 Å². The molecule has 3 heteroatoms. The van der Waals surface area contributed by atoms with Crippen molar-refractivity contribution >= 4 is 11.8 Å². The lowest BCUT2D eigenvalue weighted by Crippen LogP contribution is -2.42. The van der Waals surface area contributed by atoms with Gasteiger partial charge in [0.05, 0.1) is 0 Å². The quantitative estimate of drug-likeness (QED) is 0.614. The molecule has 1 heterocycles. The molecule has 0 aliphatic carbocycles. The zero-order chi connectivity index (χ0) is 13.1. The van der Waals surface area contributed by atoms with E-state index in [1.807, 2.05) is 11.8 Å². The molecule has 1 rings (SSSR count). The lowest BCUT2D eigenvalue weighted by molar-refractivity contribution is 0.194. The van der Waals surface area contributed by atoms with Crippen LogP contribution in [-0.4, -0.2) is 49.1 Å². The normalized spacial score (nSPS) is 18.3. The van der Waals surface area contributed by atoms with Crippen LogP contribution < -0.4 is 5.32 Å². The van der Waals surface area contributed by atoms with Crippen molar-refractivity contribution in [2.75, 3.05) is 38.2 Å². The Labute approximate surface area is 118 Å². The van der Waals surface area contributed by atoms with E-state index in [0.717, 1.165) is 6.04 Å². The molecule has 0 unspecified atom stereocenters. The average molecular weight is 273 g/mol. The summed E-state index contributed by atoms with van der Waals surface area (Å²) < 4.78 is 0. The van der Waals surface area contributed by atoms with E-state index in [9.17, 15) is 0 Å². The summed E-state index contributed by atoms with van der Waals surface area (Å²) in [5.41, 5.74) is 0. The summed E-state index contributed by atoms with van der Waals surface area (Å²) in [4.78, 5) is 2.67. The minimum Gasteiger partial charge on any atom is -0.314 e. The van der Waals surface area contributed by atoms with Crippen molar-refractivity contribution in [3.8, 4) is 0 Å². The van der Waals surface area contributed by atoms with E-state index < -0.39 is 0 Å². The van der Waals surface area contributed by atoms with Crippen molar-refractivity contribution in [2.24, 2.45) is 0 Å². The van der Waals surface area contributed by atoms with Crippen LogP contribution in [0.4, 0.5) is 0 Å². The number of nitrogens with one attached hydrogen (secondary N) is 1. The molecule has 1 saturated heterocycles. The monoisotopic (exact) mass is 272 g/mol. The van der Waals surface area contributed by atoms with Crippen LogP contribution in [0.1, 0.15) is 51.9 Å². The molecule has 1 aliphatic heterocycles. The van der Waals surface area contributed by atoms with Gasteiger partial charge in [-0.3, -0.25) is 0 Å². The van der Waals surface area contributed by atoms with E-state index >= 15 is 0 Å². The second kappa shape index (κ2) is 11.1. The predicted octanol–water partition coefficient (Wildman–Crippen LogP) is 3.37. The van der Waals surface area contributed by atoms with E-state index in [-0.39, 0.29) is 0 Å². The van der Waals surface area contributed by atoms with E-state index in [2.05, 4.69) is 23.4 Å². The molecule has 0 spiro atoms. The molecule has 2 nitrogen and oxygen atoms in total. The topological polar surface area (TPSA) is 15.3 Å². The van der Waals surface area contributed by atoms with Crippen LogP contribution >= 0.6 is 11.8 Å². The first kappa shape index (κ1) is 16.3. The molecule has 0 radical (unpaired) electrons. The Hall–Kier alpha value is 0.270. The molecule has 0 aromatic heterocycles. The fourth-order valence-electron chi connectivity index (χ4n) is 2.64. The van der Waals surface area contributed by atoms with E-state index in [4.69, 9.17) is 0 Å². The van der Waals surface area contributed by atoms with Crippen LogP contribution in [0.3, 0.4) is 0 Å². The summed E-state index contributed by atoms with van der Waals surface area (Å²) in [5, 5.41) is 3.65. The second-order valence-electron chi connectivity index (χ2n) is 5.48. The summed E-state index contributed by atoms with van der Waals surface area (Å²) >= 11 is 1.98. The molecule has 0 aromatic rings. The maximum atomic E-state index is 3.65. The van der Waals surface area contributed by atoms with Gasteiger partial charge in [-0.1, -0.05) is 19.8 Å².